The first-order chi connectivity index (χ1) is 12.8. The summed E-state index contributed by atoms with van der Waals surface area (Å²) in [5, 5.41) is 3.26. The van der Waals surface area contributed by atoms with Crippen molar-refractivity contribution in [2.75, 3.05) is 31.6 Å². The maximum atomic E-state index is 12.8. The number of carbonyl (C=O) groups excluding carboxylic acids is 1. The smallest absolute Gasteiger partial charge is 0.256 e. The van der Waals surface area contributed by atoms with Crippen molar-refractivity contribution in [2.24, 2.45) is 0 Å². The Hall–Kier alpha value is -1.64. The molecule has 0 spiro atoms. The summed E-state index contributed by atoms with van der Waals surface area (Å²) < 4.78 is 32.2. The molecule has 3 rings (SSSR count). The number of ether oxygens (including phenoxy) is 1. The van der Waals surface area contributed by atoms with E-state index < -0.39 is 15.9 Å². The average molecular weight is 429 g/mol. The van der Waals surface area contributed by atoms with E-state index in [1.165, 1.54) is 16.4 Å². The van der Waals surface area contributed by atoms with Crippen molar-refractivity contribution in [1.82, 2.24) is 4.31 Å². The normalized spacial score (nSPS) is 15.5. The maximum Gasteiger partial charge on any atom is 0.256 e. The van der Waals surface area contributed by atoms with Crippen LogP contribution in [0.3, 0.4) is 0 Å². The van der Waals surface area contributed by atoms with Crippen LogP contribution in [0.2, 0.25) is 10.0 Å². The van der Waals surface area contributed by atoms with Crippen molar-refractivity contribution in [2.45, 2.75) is 11.8 Å². The Morgan fingerprint density at radius 1 is 1.11 bits per heavy atom. The van der Waals surface area contributed by atoms with E-state index in [0.29, 0.717) is 28.8 Å². The van der Waals surface area contributed by atoms with Crippen LogP contribution in [0, 0.1) is 6.92 Å². The number of amides is 1. The summed E-state index contributed by atoms with van der Waals surface area (Å²) in [6.07, 6.45) is 0. The third-order valence-corrected chi connectivity index (χ3v) is 6.79. The number of benzene rings is 2. The summed E-state index contributed by atoms with van der Waals surface area (Å²) >= 11 is 12.2. The van der Waals surface area contributed by atoms with Gasteiger partial charge in [-0.1, -0.05) is 35.3 Å². The molecule has 1 N–H and O–H groups in total. The highest BCUT2D eigenvalue weighted by molar-refractivity contribution is 7.89. The summed E-state index contributed by atoms with van der Waals surface area (Å²) in [5.41, 5.74) is 1.16. The van der Waals surface area contributed by atoms with Gasteiger partial charge in [0.25, 0.3) is 5.91 Å². The number of nitrogens with zero attached hydrogens (tertiary/aromatic N) is 1. The lowest BCUT2D eigenvalue weighted by molar-refractivity contribution is 0.0730. The van der Waals surface area contributed by atoms with Gasteiger partial charge in [0, 0.05) is 18.7 Å². The minimum atomic E-state index is -3.70. The van der Waals surface area contributed by atoms with Crippen molar-refractivity contribution < 1.29 is 17.9 Å². The van der Waals surface area contributed by atoms with Gasteiger partial charge in [-0.3, -0.25) is 4.79 Å². The van der Waals surface area contributed by atoms with Gasteiger partial charge in [0.2, 0.25) is 10.0 Å². The number of aryl methyl sites for hydroxylation is 1. The van der Waals surface area contributed by atoms with Crippen LogP contribution in [0.5, 0.6) is 0 Å². The summed E-state index contributed by atoms with van der Waals surface area (Å²) in [7, 11) is -3.70. The molecule has 0 radical (unpaired) electrons. The second kappa shape index (κ2) is 8.16. The molecule has 2 aromatic rings. The number of morpholine rings is 1. The Morgan fingerprint density at radius 3 is 2.37 bits per heavy atom. The van der Waals surface area contributed by atoms with Gasteiger partial charge in [-0.05, 0) is 36.8 Å². The van der Waals surface area contributed by atoms with Gasteiger partial charge in [0.1, 0.15) is 0 Å². The van der Waals surface area contributed by atoms with Crippen LogP contribution in [0.15, 0.2) is 41.3 Å². The van der Waals surface area contributed by atoms with Gasteiger partial charge in [-0.25, -0.2) is 8.42 Å². The maximum absolute atomic E-state index is 12.8. The van der Waals surface area contributed by atoms with E-state index in [4.69, 9.17) is 27.9 Å². The van der Waals surface area contributed by atoms with Gasteiger partial charge < -0.3 is 10.1 Å². The third-order valence-electron chi connectivity index (χ3n) is 4.26. The Balaban J connectivity index is 1.92. The van der Waals surface area contributed by atoms with E-state index in [1.54, 1.807) is 31.2 Å². The Bertz CT molecular complexity index is 953. The highest BCUT2D eigenvalue weighted by Crippen LogP contribution is 2.30. The van der Waals surface area contributed by atoms with E-state index in [2.05, 4.69) is 5.32 Å². The molecule has 1 saturated heterocycles. The number of sulfonamides is 1. The number of halogens is 2. The zero-order valence-electron chi connectivity index (χ0n) is 14.5. The molecule has 0 bridgehead atoms. The molecular formula is C18H18Cl2N2O4S. The fraction of sp³-hybridized carbons (Fsp3) is 0.278. The predicted octanol–water partition coefficient (Wildman–Crippen LogP) is 3.58. The van der Waals surface area contributed by atoms with Gasteiger partial charge in [0.05, 0.1) is 33.8 Å². The molecule has 0 atom stereocenters. The van der Waals surface area contributed by atoms with Gasteiger partial charge in [-0.2, -0.15) is 4.31 Å². The van der Waals surface area contributed by atoms with Crippen LogP contribution < -0.4 is 5.32 Å². The Kier molecular flexibility index (Phi) is 6.08. The first kappa shape index (κ1) is 20.1. The number of carbonyl (C=O) groups is 1. The number of para-hydroxylation sites is 1. The summed E-state index contributed by atoms with van der Waals surface area (Å²) in [4.78, 5) is 12.8. The monoisotopic (exact) mass is 428 g/mol. The summed E-state index contributed by atoms with van der Waals surface area (Å²) in [6, 6.07) is 9.36. The number of anilines is 1. The SMILES string of the molecule is Cc1ccc(S(=O)(=O)N2CCOCC2)cc1C(=O)Nc1c(Cl)cccc1Cl. The molecule has 1 fully saturated rings. The molecule has 2 aromatic carbocycles. The molecule has 1 aliphatic rings. The standard InChI is InChI=1S/C18H18Cl2N2O4S/c1-12-5-6-13(27(24,25)22-7-9-26-10-8-22)11-14(12)18(23)21-17-15(19)3-2-4-16(17)20/h2-6,11H,7-10H2,1H3,(H,21,23). The molecule has 27 heavy (non-hydrogen) atoms. The average Bonchev–Trinajstić information content (AvgIpc) is 2.65. The number of rotatable bonds is 4. The molecule has 1 amide bonds. The fourth-order valence-corrected chi connectivity index (χ4v) is 4.67. The van der Waals surface area contributed by atoms with E-state index in [0.717, 1.165) is 0 Å². The quantitative estimate of drug-likeness (QED) is 0.807. The second-order valence-corrected chi connectivity index (χ2v) is 8.80. The molecule has 0 saturated carbocycles. The van der Waals surface area contributed by atoms with Crippen molar-refractivity contribution in [3.8, 4) is 0 Å². The molecular weight excluding hydrogens is 411 g/mol. The lowest BCUT2D eigenvalue weighted by Crippen LogP contribution is -2.40. The first-order valence-corrected chi connectivity index (χ1v) is 10.4. The second-order valence-electron chi connectivity index (χ2n) is 6.04. The number of hydrogen-bond donors (Lipinski definition) is 1. The third kappa shape index (κ3) is 4.28. The summed E-state index contributed by atoms with van der Waals surface area (Å²) in [6.45, 7) is 3.00. The van der Waals surface area contributed by atoms with Crippen molar-refractivity contribution >= 4 is 44.8 Å². The van der Waals surface area contributed by atoms with Crippen LogP contribution in [0.4, 0.5) is 5.69 Å². The van der Waals surface area contributed by atoms with Crippen molar-refractivity contribution in [3.05, 3.63) is 57.6 Å². The highest BCUT2D eigenvalue weighted by atomic mass is 35.5. The van der Waals surface area contributed by atoms with Crippen LogP contribution in [-0.2, 0) is 14.8 Å². The van der Waals surface area contributed by atoms with Gasteiger partial charge >= 0.3 is 0 Å². The number of nitrogens with one attached hydrogen (secondary N) is 1. The van der Waals surface area contributed by atoms with E-state index in [1.807, 2.05) is 0 Å². The van der Waals surface area contributed by atoms with E-state index in [9.17, 15) is 13.2 Å². The zero-order valence-corrected chi connectivity index (χ0v) is 16.9. The van der Waals surface area contributed by atoms with Crippen LogP contribution in [0.25, 0.3) is 0 Å². The topological polar surface area (TPSA) is 75.7 Å². The number of hydrogen-bond acceptors (Lipinski definition) is 4. The molecule has 9 heteroatoms. The van der Waals surface area contributed by atoms with Gasteiger partial charge in [0.15, 0.2) is 0 Å². The lowest BCUT2D eigenvalue weighted by atomic mass is 10.1. The largest absolute Gasteiger partial charge is 0.379 e. The van der Waals surface area contributed by atoms with Crippen LogP contribution in [0.1, 0.15) is 15.9 Å². The van der Waals surface area contributed by atoms with Crippen LogP contribution >= 0.6 is 23.2 Å². The molecule has 0 unspecified atom stereocenters. The van der Waals surface area contributed by atoms with Crippen molar-refractivity contribution in [1.29, 1.82) is 0 Å². The molecule has 0 aromatic heterocycles. The van der Waals surface area contributed by atoms with E-state index in [-0.39, 0.29) is 29.2 Å². The minimum absolute atomic E-state index is 0.0606. The molecule has 1 aliphatic heterocycles. The highest BCUT2D eigenvalue weighted by Gasteiger charge is 2.27. The molecule has 1 heterocycles. The Labute approximate surface area is 168 Å². The molecule has 0 aliphatic carbocycles. The predicted molar refractivity (Wildman–Crippen MR) is 105 cm³/mol. The first-order valence-electron chi connectivity index (χ1n) is 8.24. The lowest BCUT2D eigenvalue weighted by Gasteiger charge is -2.26. The Morgan fingerprint density at radius 2 is 1.74 bits per heavy atom. The van der Waals surface area contributed by atoms with Crippen LogP contribution in [-0.4, -0.2) is 44.9 Å². The fourth-order valence-electron chi connectivity index (χ4n) is 2.74. The minimum Gasteiger partial charge on any atom is -0.379 e. The summed E-state index contributed by atoms with van der Waals surface area (Å²) in [5.74, 6) is -0.485. The molecule has 144 valence electrons. The van der Waals surface area contributed by atoms with E-state index >= 15 is 0 Å². The zero-order chi connectivity index (χ0) is 19.6. The van der Waals surface area contributed by atoms with Gasteiger partial charge in [-0.15, -0.1) is 0 Å². The van der Waals surface area contributed by atoms with Crippen molar-refractivity contribution in [3.63, 3.8) is 0 Å². The molecule has 6 nitrogen and oxygen atoms in total.